The van der Waals surface area contributed by atoms with Crippen LogP contribution in [0.4, 0.5) is 11.4 Å². The quantitative estimate of drug-likeness (QED) is 0.105. The molecule has 6 heteroatoms. The first-order chi connectivity index (χ1) is 21.4. The van der Waals surface area contributed by atoms with Crippen LogP contribution in [0, 0.1) is 12.3 Å². The molecule has 225 valence electrons. The minimum absolute atomic E-state index is 0. The minimum atomic E-state index is 0. The third-order valence-electron chi connectivity index (χ3n) is 7.26. The van der Waals surface area contributed by atoms with Crippen molar-refractivity contribution in [3.05, 3.63) is 156 Å². The summed E-state index contributed by atoms with van der Waals surface area (Å²) in [6.07, 6.45) is 1.37. The van der Waals surface area contributed by atoms with Crippen molar-refractivity contribution in [2.24, 2.45) is 5.73 Å². The third-order valence-corrected chi connectivity index (χ3v) is 7.26. The molecule has 5 nitrogen and oxygen atoms in total. The Hall–Kier alpha value is -4.13. The molecule has 0 unspecified atom stereocenters. The van der Waals surface area contributed by atoms with Crippen molar-refractivity contribution < 1.29 is 37.9 Å². The first kappa shape index (κ1) is 35.4. The summed E-state index contributed by atoms with van der Waals surface area (Å²) in [5, 5.41) is 23.6. The van der Waals surface area contributed by atoms with Gasteiger partial charge >= 0.3 is 0 Å². The van der Waals surface area contributed by atoms with Crippen LogP contribution < -0.4 is 16.1 Å². The predicted molar refractivity (Wildman–Crippen MR) is 188 cm³/mol. The molecule has 6 rings (SSSR count). The zero-order chi connectivity index (χ0) is 31.3. The van der Waals surface area contributed by atoms with E-state index in [-0.39, 0.29) is 32.7 Å². The number of hydrogen-bond acceptors (Lipinski definition) is 5. The summed E-state index contributed by atoms with van der Waals surface area (Å²) in [6.45, 7) is 2.71. The summed E-state index contributed by atoms with van der Waals surface area (Å²) in [6, 6.07) is 47.2. The monoisotopic (exact) mass is 669 g/mol. The molecule has 0 heterocycles. The zero-order valence-corrected chi connectivity index (χ0v) is 29.0. The minimum Gasteiger partial charge on any atom is -0.386 e. The first-order valence-electron chi connectivity index (χ1n) is 14.6. The number of nitrogens with two attached hydrogens (primary N) is 1. The number of aryl methyl sites for hydroxylation is 1. The summed E-state index contributed by atoms with van der Waals surface area (Å²) in [5.74, 6) is 0. The fourth-order valence-corrected chi connectivity index (χ4v) is 4.79. The normalized spacial score (nSPS) is 9.89. The van der Waals surface area contributed by atoms with Crippen molar-refractivity contribution in [3.8, 4) is 22.3 Å². The molecule has 45 heavy (non-hydrogen) atoms. The van der Waals surface area contributed by atoms with Gasteiger partial charge in [0.05, 0.1) is 11.4 Å². The molecular formula is C39H40N4OY. The molecule has 0 aromatic heterocycles. The Balaban J connectivity index is 0.000000195. The maximum absolute atomic E-state index is 9.64. The van der Waals surface area contributed by atoms with Crippen LogP contribution >= 0.6 is 0 Å². The fourth-order valence-electron chi connectivity index (χ4n) is 4.79. The Bertz CT molecular complexity index is 1770. The van der Waals surface area contributed by atoms with Crippen molar-refractivity contribution in [3.63, 3.8) is 0 Å². The average Bonchev–Trinajstić information content (AvgIpc) is 3.09. The summed E-state index contributed by atoms with van der Waals surface area (Å²) in [5.41, 5.74) is 15.0. The molecule has 0 spiro atoms. The molecule has 6 aromatic carbocycles. The van der Waals surface area contributed by atoms with Crippen LogP contribution in [-0.2, 0) is 39.3 Å². The van der Waals surface area contributed by atoms with E-state index in [9.17, 15) is 5.21 Å². The number of hydrogen-bond donors (Lipinski definition) is 4. The summed E-state index contributed by atoms with van der Waals surface area (Å²) < 4.78 is 0. The summed E-state index contributed by atoms with van der Waals surface area (Å²) in [7, 11) is 3.46. The molecule has 6 aromatic rings. The van der Waals surface area contributed by atoms with Crippen LogP contribution in [-0.4, -0.2) is 25.5 Å². The Morgan fingerprint density at radius 1 is 0.733 bits per heavy atom. The van der Waals surface area contributed by atoms with E-state index < -0.39 is 0 Å². The Morgan fingerprint density at radius 2 is 1.33 bits per heavy atom. The smallest absolute Gasteiger partial charge is 0.0868 e. The van der Waals surface area contributed by atoms with Crippen molar-refractivity contribution in [1.29, 1.82) is 5.41 Å². The van der Waals surface area contributed by atoms with Gasteiger partial charge in [-0.1, -0.05) is 133 Å². The van der Waals surface area contributed by atoms with Crippen molar-refractivity contribution in [2.45, 2.75) is 13.5 Å². The molecule has 0 bridgehead atoms. The van der Waals surface area contributed by atoms with E-state index in [0.29, 0.717) is 6.54 Å². The largest absolute Gasteiger partial charge is 0.386 e. The van der Waals surface area contributed by atoms with E-state index in [1.165, 1.54) is 39.2 Å². The predicted octanol–water partition coefficient (Wildman–Crippen LogP) is 9.18. The van der Waals surface area contributed by atoms with Gasteiger partial charge in [0.25, 0.3) is 0 Å². The SMILES string of the molecule is CNc1ccc(-c2ccc(C)cc2)cc1N(C)O.N=Cc1ccc(-c2cccc3ccccc23)cc1.NCc1ccccc1.[Y]. The molecule has 0 aliphatic rings. The van der Waals surface area contributed by atoms with Crippen LogP contribution in [0.25, 0.3) is 33.0 Å². The van der Waals surface area contributed by atoms with E-state index in [1.54, 1.807) is 7.05 Å². The van der Waals surface area contributed by atoms with E-state index in [0.717, 1.165) is 33.1 Å². The van der Waals surface area contributed by atoms with Gasteiger partial charge < -0.3 is 16.5 Å². The van der Waals surface area contributed by atoms with Crippen molar-refractivity contribution in [1.82, 2.24) is 0 Å². The van der Waals surface area contributed by atoms with Gasteiger partial charge in [-0.15, -0.1) is 0 Å². The van der Waals surface area contributed by atoms with Gasteiger partial charge in [-0.3, -0.25) is 10.3 Å². The van der Waals surface area contributed by atoms with Crippen LogP contribution in [0.5, 0.6) is 0 Å². The maximum atomic E-state index is 9.64. The number of nitrogens with zero attached hydrogens (tertiary/aromatic N) is 1. The van der Waals surface area contributed by atoms with Gasteiger partial charge in [-0.05, 0) is 63.2 Å². The van der Waals surface area contributed by atoms with Gasteiger partial charge in [0.15, 0.2) is 0 Å². The number of anilines is 2. The molecule has 1 radical (unpaired) electrons. The van der Waals surface area contributed by atoms with Gasteiger partial charge in [-0.25, -0.2) is 0 Å². The van der Waals surface area contributed by atoms with Crippen LogP contribution in [0.1, 0.15) is 16.7 Å². The number of rotatable bonds is 6. The molecule has 0 aliphatic heterocycles. The second-order valence-corrected chi connectivity index (χ2v) is 10.4. The van der Waals surface area contributed by atoms with Crippen molar-refractivity contribution >= 4 is 28.4 Å². The van der Waals surface area contributed by atoms with Crippen molar-refractivity contribution in [2.75, 3.05) is 24.5 Å². The van der Waals surface area contributed by atoms with Crippen LogP contribution in [0.3, 0.4) is 0 Å². The summed E-state index contributed by atoms with van der Waals surface area (Å²) in [4.78, 5) is 0. The van der Waals surface area contributed by atoms with E-state index in [2.05, 4.69) is 91.1 Å². The second-order valence-electron chi connectivity index (χ2n) is 10.4. The van der Waals surface area contributed by atoms with E-state index >= 15 is 0 Å². The van der Waals surface area contributed by atoms with Gasteiger partial charge in [0.1, 0.15) is 0 Å². The standard InChI is InChI=1S/C17H13N.C15H18N2O.C7H9N.Y/c18-12-13-8-10-15(11-9-13)17-7-3-5-14-4-1-2-6-16(14)17;1-11-4-6-12(7-5-11)13-8-9-14(16-2)15(10-13)17(3)18;8-6-7-4-2-1-3-5-7;/h1-12,18H;4-10,16,18H,1-3H3;1-5H,6,8H2;. The first-order valence-corrected chi connectivity index (χ1v) is 14.6. The van der Waals surface area contributed by atoms with Gasteiger partial charge in [0.2, 0.25) is 0 Å². The molecule has 0 saturated heterocycles. The number of fused-ring (bicyclic) bond motifs is 1. The molecule has 0 atom stereocenters. The second kappa shape index (κ2) is 18.0. The van der Waals surface area contributed by atoms with Crippen LogP contribution in [0.2, 0.25) is 0 Å². The Morgan fingerprint density at radius 3 is 1.93 bits per heavy atom. The molecule has 5 N–H and O–H groups in total. The number of hydroxylamine groups is 1. The Labute approximate surface area is 292 Å². The number of nitrogens with one attached hydrogen (secondary N) is 2. The molecule has 0 saturated carbocycles. The topological polar surface area (TPSA) is 85.4 Å². The van der Waals surface area contributed by atoms with E-state index in [4.69, 9.17) is 11.1 Å². The number of benzene rings is 6. The van der Waals surface area contributed by atoms with E-state index in [1.807, 2.05) is 67.7 Å². The Kier molecular flexibility index (Phi) is 14.1. The van der Waals surface area contributed by atoms with Gasteiger partial charge in [0, 0.05) is 59.6 Å². The zero-order valence-electron chi connectivity index (χ0n) is 26.1. The van der Waals surface area contributed by atoms with Crippen LogP contribution in [0.15, 0.2) is 140 Å². The average molecular weight is 670 g/mol. The fraction of sp³-hybridized carbons (Fsp3) is 0.103. The summed E-state index contributed by atoms with van der Waals surface area (Å²) >= 11 is 0. The maximum Gasteiger partial charge on any atom is 0.0868 e. The molecule has 0 amide bonds. The molecular weight excluding hydrogens is 629 g/mol. The third kappa shape index (κ3) is 9.94. The molecule has 0 aliphatic carbocycles. The molecule has 0 fully saturated rings. The van der Waals surface area contributed by atoms with Gasteiger partial charge in [-0.2, -0.15) is 0 Å².